The van der Waals surface area contributed by atoms with Crippen LogP contribution in [0.4, 0.5) is 0 Å². The number of rotatable bonds is 6. The Hall–Kier alpha value is -0.320. The monoisotopic (exact) mass is 289 g/mol. The second kappa shape index (κ2) is 8.08. The number of carbonyl (C=O) groups excluding carboxylic acids is 1. The molecule has 2 aliphatic rings. The minimum Gasteiger partial charge on any atom is -0.353 e. The van der Waals surface area contributed by atoms with Crippen LogP contribution in [0.3, 0.4) is 0 Å². The van der Waals surface area contributed by atoms with Crippen molar-refractivity contribution in [2.45, 2.75) is 51.6 Å². The molecule has 1 aliphatic heterocycles. The number of nitrogens with one attached hydrogen (secondary N) is 2. The molecule has 0 unspecified atom stereocenters. The SMILES string of the molecule is CC(C)NC(=O)CN1CCC(NCC2CC2)CC1.Cl. The Labute approximate surface area is 123 Å². The van der Waals surface area contributed by atoms with Crippen molar-refractivity contribution in [3.8, 4) is 0 Å². The van der Waals surface area contributed by atoms with E-state index >= 15 is 0 Å². The van der Waals surface area contributed by atoms with Crippen molar-refractivity contribution in [3.63, 3.8) is 0 Å². The molecule has 1 saturated carbocycles. The lowest BCUT2D eigenvalue weighted by molar-refractivity contribution is -0.123. The van der Waals surface area contributed by atoms with Gasteiger partial charge in [-0.2, -0.15) is 0 Å². The van der Waals surface area contributed by atoms with Crippen molar-refractivity contribution >= 4 is 18.3 Å². The summed E-state index contributed by atoms with van der Waals surface area (Å²) in [4.78, 5) is 13.9. The molecule has 1 saturated heterocycles. The van der Waals surface area contributed by atoms with E-state index in [-0.39, 0.29) is 24.4 Å². The van der Waals surface area contributed by atoms with Crippen LogP contribution in [0.1, 0.15) is 39.5 Å². The number of piperidine rings is 1. The standard InChI is InChI=1S/C14H27N3O.ClH/c1-11(2)16-14(18)10-17-7-5-13(6-8-17)15-9-12-3-4-12;/h11-13,15H,3-10H2,1-2H3,(H,16,18);1H. The predicted octanol–water partition coefficient (Wildman–Crippen LogP) is 1.40. The van der Waals surface area contributed by atoms with Crippen LogP contribution in [0.15, 0.2) is 0 Å². The number of hydrogen-bond donors (Lipinski definition) is 2. The first kappa shape index (κ1) is 16.7. The molecule has 0 atom stereocenters. The number of carbonyl (C=O) groups is 1. The molecule has 1 heterocycles. The van der Waals surface area contributed by atoms with E-state index in [0.29, 0.717) is 12.6 Å². The molecular formula is C14H28ClN3O. The number of hydrogen-bond acceptors (Lipinski definition) is 3. The van der Waals surface area contributed by atoms with Crippen molar-refractivity contribution in [2.75, 3.05) is 26.2 Å². The van der Waals surface area contributed by atoms with Crippen LogP contribution in [-0.2, 0) is 4.79 Å². The molecule has 2 N–H and O–H groups in total. The van der Waals surface area contributed by atoms with E-state index in [1.807, 2.05) is 13.8 Å². The van der Waals surface area contributed by atoms with Gasteiger partial charge in [-0.15, -0.1) is 12.4 Å². The van der Waals surface area contributed by atoms with E-state index in [1.165, 1.54) is 32.2 Å². The van der Waals surface area contributed by atoms with Crippen molar-refractivity contribution in [3.05, 3.63) is 0 Å². The average Bonchev–Trinajstić information content (AvgIpc) is 3.11. The molecule has 0 bridgehead atoms. The molecular weight excluding hydrogens is 262 g/mol. The fraction of sp³-hybridized carbons (Fsp3) is 0.929. The first-order valence-corrected chi connectivity index (χ1v) is 7.38. The van der Waals surface area contributed by atoms with Gasteiger partial charge in [0, 0.05) is 25.2 Å². The van der Waals surface area contributed by atoms with Gasteiger partial charge in [-0.3, -0.25) is 9.69 Å². The van der Waals surface area contributed by atoms with E-state index in [9.17, 15) is 4.79 Å². The average molecular weight is 290 g/mol. The van der Waals surface area contributed by atoms with E-state index < -0.39 is 0 Å². The van der Waals surface area contributed by atoms with Gasteiger partial charge in [0.2, 0.25) is 5.91 Å². The lowest BCUT2D eigenvalue weighted by atomic mass is 10.0. The molecule has 112 valence electrons. The topological polar surface area (TPSA) is 44.4 Å². The zero-order chi connectivity index (χ0) is 13.0. The highest BCUT2D eigenvalue weighted by molar-refractivity contribution is 5.85. The number of amides is 1. The van der Waals surface area contributed by atoms with Crippen LogP contribution in [-0.4, -0.2) is 49.1 Å². The summed E-state index contributed by atoms with van der Waals surface area (Å²) < 4.78 is 0. The molecule has 1 aliphatic carbocycles. The van der Waals surface area contributed by atoms with E-state index in [0.717, 1.165) is 19.0 Å². The Morgan fingerprint density at radius 3 is 2.37 bits per heavy atom. The maximum absolute atomic E-state index is 11.7. The largest absolute Gasteiger partial charge is 0.353 e. The predicted molar refractivity (Wildman–Crippen MR) is 80.7 cm³/mol. The Kier molecular flexibility index (Phi) is 7.11. The molecule has 4 nitrogen and oxygen atoms in total. The maximum atomic E-state index is 11.7. The Bertz CT molecular complexity index is 274. The molecule has 2 rings (SSSR count). The summed E-state index contributed by atoms with van der Waals surface area (Å²) in [5, 5.41) is 6.62. The summed E-state index contributed by atoms with van der Waals surface area (Å²) >= 11 is 0. The van der Waals surface area contributed by atoms with Crippen molar-refractivity contribution in [2.24, 2.45) is 5.92 Å². The van der Waals surface area contributed by atoms with Crippen LogP contribution in [0.5, 0.6) is 0 Å². The Morgan fingerprint density at radius 1 is 1.21 bits per heavy atom. The molecule has 1 amide bonds. The second-order valence-electron chi connectivity index (χ2n) is 6.12. The summed E-state index contributed by atoms with van der Waals surface area (Å²) in [5.41, 5.74) is 0. The minimum absolute atomic E-state index is 0. The Balaban J connectivity index is 0.00000180. The molecule has 2 fully saturated rings. The molecule has 0 aromatic heterocycles. The van der Waals surface area contributed by atoms with Crippen LogP contribution in [0.25, 0.3) is 0 Å². The molecule has 0 aromatic rings. The molecule has 19 heavy (non-hydrogen) atoms. The van der Waals surface area contributed by atoms with Crippen LogP contribution < -0.4 is 10.6 Å². The summed E-state index contributed by atoms with van der Waals surface area (Å²) in [6.07, 6.45) is 5.20. The van der Waals surface area contributed by atoms with Crippen molar-refractivity contribution < 1.29 is 4.79 Å². The first-order chi connectivity index (χ1) is 8.63. The van der Waals surface area contributed by atoms with Gasteiger partial charge >= 0.3 is 0 Å². The molecule has 0 radical (unpaired) electrons. The van der Waals surface area contributed by atoms with E-state index in [2.05, 4.69) is 15.5 Å². The van der Waals surface area contributed by atoms with Crippen LogP contribution >= 0.6 is 12.4 Å². The summed E-state index contributed by atoms with van der Waals surface area (Å²) in [5.74, 6) is 1.12. The third-order valence-corrected chi connectivity index (χ3v) is 3.80. The van der Waals surface area contributed by atoms with Crippen LogP contribution in [0.2, 0.25) is 0 Å². The van der Waals surface area contributed by atoms with Crippen molar-refractivity contribution in [1.82, 2.24) is 15.5 Å². The van der Waals surface area contributed by atoms with E-state index in [4.69, 9.17) is 0 Å². The molecule has 0 spiro atoms. The smallest absolute Gasteiger partial charge is 0.234 e. The summed E-state index contributed by atoms with van der Waals surface area (Å²) in [6, 6.07) is 0.922. The van der Waals surface area contributed by atoms with Gasteiger partial charge in [0.15, 0.2) is 0 Å². The lowest BCUT2D eigenvalue weighted by Crippen LogP contribution is -2.47. The lowest BCUT2D eigenvalue weighted by Gasteiger charge is -2.32. The summed E-state index contributed by atoms with van der Waals surface area (Å²) in [7, 11) is 0. The number of likely N-dealkylation sites (tertiary alicyclic amines) is 1. The van der Waals surface area contributed by atoms with Gasteiger partial charge in [0.05, 0.1) is 6.54 Å². The third-order valence-electron chi connectivity index (χ3n) is 3.80. The fourth-order valence-electron chi connectivity index (χ4n) is 2.52. The van der Waals surface area contributed by atoms with E-state index in [1.54, 1.807) is 0 Å². The zero-order valence-corrected chi connectivity index (χ0v) is 13.0. The van der Waals surface area contributed by atoms with Gasteiger partial charge in [0.25, 0.3) is 0 Å². The minimum atomic E-state index is 0. The number of halogens is 1. The van der Waals surface area contributed by atoms with Gasteiger partial charge in [-0.05, 0) is 52.0 Å². The first-order valence-electron chi connectivity index (χ1n) is 7.38. The fourth-order valence-corrected chi connectivity index (χ4v) is 2.52. The highest BCUT2D eigenvalue weighted by atomic mass is 35.5. The maximum Gasteiger partial charge on any atom is 0.234 e. The second-order valence-corrected chi connectivity index (χ2v) is 6.12. The highest BCUT2D eigenvalue weighted by Gasteiger charge is 2.24. The molecule has 5 heteroatoms. The van der Waals surface area contributed by atoms with Crippen LogP contribution in [0, 0.1) is 5.92 Å². The zero-order valence-electron chi connectivity index (χ0n) is 12.2. The number of nitrogens with zero attached hydrogens (tertiary/aromatic N) is 1. The van der Waals surface area contributed by atoms with Gasteiger partial charge in [0.1, 0.15) is 0 Å². The third kappa shape index (κ3) is 6.59. The highest BCUT2D eigenvalue weighted by Crippen LogP contribution is 2.28. The van der Waals surface area contributed by atoms with Gasteiger partial charge < -0.3 is 10.6 Å². The normalized spacial score (nSPS) is 21.2. The van der Waals surface area contributed by atoms with Crippen molar-refractivity contribution in [1.29, 1.82) is 0 Å². The molecule has 0 aromatic carbocycles. The Morgan fingerprint density at radius 2 is 1.84 bits per heavy atom. The quantitative estimate of drug-likeness (QED) is 0.777. The van der Waals surface area contributed by atoms with Gasteiger partial charge in [-0.25, -0.2) is 0 Å². The summed E-state index contributed by atoms with van der Waals surface area (Å²) in [6.45, 7) is 7.88. The van der Waals surface area contributed by atoms with Gasteiger partial charge in [-0.1, -0.05) is 0 Å².